The van der Waals surface area contributed by atoms with Gasteiger partial charge in [0.15, 0.2) is 0 Å². The molecule has 24 heteroatoms. The molecule has 0 heterocycles. The molecule has 0 aliphatic rings. The molecule has 9 atom stereocenters. The molecule has 0 spiro atoms. The lowest BCUT2D eigenvalue weighted by Crippen LogP contribution is -2.59. The third-order valence-electron chi connectivity index (χ3n) is 12.9. The number of nitrogens with one attached hydrogen (secondary N) is 8. The Bertz CT molecular complexity index is 2590. The molecule has 0 aliphatic heterocycles. The van der Waals surface area contributed by atoms with Crippen molar-refractivity contribution in [3.05, 3.63) is 108 Å². The third kappa shape index (κ3) is 23.3. The molecule has 3 aromatic carbocycles. The van der Waals surface area contributed by atoms with Gasteiger partial charge in [-0.05, 0) is 72.3 Å². The Morgan fingerprint density at radius 1 is 0.512 bits per heavy atom. The second kappa shape index (κ2) is 33.1. The van der Waals surface area contributed by atoms with Gasteiger partial charge >= 0.3 is 11.9 Å². The van der Waals surface area contributed by atoms with Gasteiger partial charge in [-0.25, -0.2) is 4.79 Å². The lowest BCUT2D eigenvalue weighted by Gasteiger charge is -2.28. The molecule has 0 bridgehead atoms. The average molecular weight is 1110 g/mol. The number of hydrogen-bond donors (Lipinski definition) is 13. The van der Waals surface area contributed by atoms with E-state index in [-0.39, 0.29) is 37.4 Å². The highest BCUT2D eigenvalue weighted by Crippen LogP contribution is 2.15. The summed E-state index contributed by atoms with van der Waals surface area (Å²) in [6.07, 6.45) is -1.86. The van der Waals surface area contributed by atoms with Gasteiger partial charge in [0.05, 0.1) is 6.04 Å². The number of amides is 9. The van der Waals surface area contributed by atoms with Crippen LogP contribution in [0.2, 0.25) is 0 Å². The monoisotopic (exact) mass is 1110 g/mol. The zero-order chi connectivity index (χ0) is 59.6. The van der Waals surface area contributed by atoms with Crippen molar-refractivity contribution in [2.24, 2.45) is 29.2 Å². The summed E-state index contributed by atoms with van der Waals surface area (Å²) in [5.41, 5.74) is 13.5. The Labute approximate surface area is 465 Å². The summed E-state index contributed by atoms with van der Waals surface area (Å²) in [7, 11) is 0. The number of benzene rings is 3. The van der Waals surface area contributed by atoms with Crippen LogP contribution in [0.3, 0.4) is 0 Å². The number of hydrogen-bond acceptors (Lipinski definition) is 13. The van der Waals surface area contributed by atoms with Gasteiger partial charge in [0, 0.05) is 25.7 Å². The number of carboxylic acids is 2. The Kier molecular flexibility index (Phi) is 27.3. The fraction of sp³-hybridized carbons (Fsp3) is 0.464. The van der Waals surface area contributed by atoms with Gasteiger partial charge in [0.25, 0.3) is 0 Å². The van der Waals surface area contributed by atoms with Gasteiger partial charge in [-0.1, -0.05) is 121 Å². The minimum Gasteiger partial charge on any atom is -0.508 e. The average Bonchev–Trinajstić information content (AvgIpc) is 3.42. The summed E-state index contributed by atoms with van der Waals surface area (Å²) >= 11 is 0. The first-order valence-corrected chi connectivity index (χ1v) is 26.4. The Balaban J connectivity index is 1.85. The van der Waals surface area contributed by atoms with Crippen molar-refractivity contribution in [2.75, 3.05) is 0 Å². The van der Waals surface area contributed by atoms with Crippen LogP contribution in [0.5, 0.6) is 5.75 Å². The molecule has 15 N–H and O–H groups in total. The van der Waals surface area contributed by atoms with E-state index >= 15 is 0 Å². The molecule has 3 rings (SSSR count). The summed E-state index contributed by atoms with van der Waals surface area (Å²) in [5, 5.41) is 49.3. The van der Waals surface area contributed by atoms with Crippen LogP contribution in [0.4, 0.5) is 0 Å². The summed E-state index contributed by atoms with van der Waals surface area (Å²) in [6, 6.07) is 12.2. The number of carbonyl (C=O) groups is 11. The van der Waals surface area contributed by atoms with Crippen molar-refractivity contribution in [2.45, 2.75) is 148 Å². The SMILES string of the molecule is CCC(C)C(NC(=O)[CH]NC(=O)C(CCC(N)=O)NC(=O)C(CCC(=O)O)NC(=O)C(Cc1ccc(O)cc1)NC(=O)C(CC(C)C)NC(=O)C(N)Cc1ccccc1)C(=O)NC(Cc1ccccc1)C(=O)NC(C(=O)O)C(C)C. The highest BCUT2D eigenvalue weighted by atomic mass is 16.4. The lowest BCUT2D eigenvalue weighted by molar-refractivity contribution is -0.143. The lowest BCUT2D eigenvalue weighted by atomic mass is 9.96. The molecule has 9 amide bonds. The Morgan fingerprint density at radius 2 is 0.963 bits per heavy atom. The molecule has 80 heavy (non-hydrogen) atoms. The van der Waals surface area contributed by atoms with Crippen molar-refractivity contribution < 1.29 is 68.1 Å². The number of rotatable bonds is 34. The van der Waals surface area contributed by atoms with Crippen LogP contribution < -0.4 is 54.0 Å². The van der Waals surface area contributed by atoms with Crippen molar-refractivity contribution >= 4 is 65.1 Å². The normalized spacial score (nSPS) is 14.5. The summed E-state index contributed by atoms with van der Waals surface area (Å²) < 4.78 is 0. The molecule has 3 aromatic rings. The minimum atomic E-state index is -1.71. The molecule has 0 aliphatic carbocycles. The number of primary amides is 1. The topological polar surface area (TPSA) is 397 Å². The molecule has 0 aromatic heterocycles. The second-order valence-corrected chi connectivity index (χ2v) is 20.3. The number of aromatic hydroxyl groups is 1. The maximum atomic E-state index is 14.3. The Morgan fingerprint density at radius 3 is 1.46 bits per heavy atom. The summed E-state index contributed by atoms with van der Waals surface area (Å²) in [4.78, 5) is 146. The first-order valence-electron chi connectivity index (χ1n) is 26.4. The van der Waals surface area contributed by atoms with Crippen molar-refractivity contribution in [3.63, 3.8) is 0 Å². The number of carboxylic acid groups (broad SMARTS) is 2. The highest BCUT2D eigenvalue weighted by Gasteiger charge is 2.35. The quantitative estimate of drug-likeness (QED) is 0.0385. The van der Waals surface area contributed by atoms with E-state index in [1.54, 1.807) is 102 Å². The van der Waals surface area contributed by atoms with Gasteiger partial charge in [-0.3, -0.25) is 47.9 Å². The number of aliphatic carboxylic acids is 2. The minimum absolute atomic E-state index is 0.0473. The third-order valence-corrected chi connectivity index (χ3v) is 12.9. The molecule has 0 saturated heterocycles. The van der Waals surface area contributed by atoms with Crippen molar-refractivity contribution in [3.8, 4) is 5.75 Å². The van der Waals surface area contributed by atoms with Crippen LogP contribution in [0.1, 0.15) is 96.8 Å². The van der Waals surface area contributed by atoms with E-state index in [1.165, 1.54) is 24.3 Å². The number of phenolic OH excluding ortho intramolecular Hbond substituents is 1. The number of carbonyl (C=O) groups excluding carboxylic acids is 9. The van der Waals surface area contributed by atoms with Gasteiger partial charge in [-0.2, -0.15) is 0 Å². The van der Waals surface area contributed by atoms with E-state index in [0.717, 1.165) is 5.56 Å². The molecule has 435 valence electrons. The summed E-state index contributed by atoms with van der Waals surface area (Å²) in [5.74, 6) is -12.1. The maximum Gasteiger partial charge on any atom is 0.326 e. The number of phenols is 1. The number of nitrogens with two attached hydrogens (primary N) is 2. The van der Waals surface area contributed by atoms with E-state index in [2.05, 4.69) is 42.5 Å². The fourth-order valence-electron chi connectivity index (χ4n) is 8.15. The van der Waals surface area contributed by atoms with E-state index in [0.29, 0.717) is 24.1 Å². The van der Waals surface area contributed by atoms with Crippen LogP contribution in [-0.2, 0) is 72.0 Å². The molecular weight excluding hydrogens is 1040 g/mol. The Hall–Kier alpha value is -8.41. The van der Waals surface area contributed by atoms with Crippen LogP contribution in [0.25, 0.3) is 0 Å². The van der Waals surface area contributed by atoms with E-state index in [4.69, 9.17) is 11.5 Å². The predicted octanol–water partition coefficient (Wildman–Crippen LogP) is 0.382. The first kappa shape index (κ1) is 65.9. The molecule has 9 unspecified atom stereocenters. The van der Waals surface area contributed by atoms with Crippen LogP contribution in [0, 0.1) is 24.3 Å². The van der Waals surface area contributed by atoms with Crippen molar-refractivity contribution in [1.29, 1.82) is 0 Å². The highest BCUT2D eigenvalue weighted by molar-refractivity contribution is 5.99. The standard InChI is InChI=1S/C56H77N10O14/c1-7-33(6)48(55(78)64-43(28-35-16-12-9-13-17-35)54(77)66-47(32(4)5)56(79)80)65-45(69)30-59-50(73)39(22-24-44(58)68)60-51(74)40(23-25-46(70)71)61-53(76)42(29-36-18-20-37(67)21-19-36)63-52(75)41(26-31(2)3)62-49(72)38(57)27-34-14-10-8-11-15-34/h8-21,30-33,38-43,47-48,67H,7,22-29,57H2,1-6H3,(H2,58,68)(H,59,73)(H,60,74)(H,61,76)(H,62,72)(H,63,75)(H,64,78)(H,65,69)(H,66,77)(H,70,71)(H,79,80). The van der Waals surface area contributed by atoms with Crippen LogP contribution >= 0.6 is 0 Å². The van der Waals surface area contributed by atoms with Crippen molar-refractivity contribution in [1.82, 2.24) is 42.5 Å². The van der Waals surface area contributed by atoms with Gasteiger partial charge in [0.1, 0.15) is 54.6 Å². The van der Waals surface area contributed by atoms with Gasteiger partial charge < -0.3 is 69.3 Å². The maximum absolute atomic E-state index is 14.3. The fourth-order valence-corrected chi connectivity index (χ4v) is 8.15. The van der Waals surface area contributed by atoms with E-state index < -0.39 is 151 Å². The summed E-state index contributed by atoms with van der Waals surface area (Å²) in [6.45, 7) is 10.8. The van der Waals surface area contributed by atoms with Gasteiger partial charge in [-0.15, -0.1) is 0 Å². The molecular formula is C56H77N10O14. The second-order valence-electron chi connectivity index (χ2n) is 20.3. The molecule has 24 nitrogen and oxygen atoms in total. The van der Waals surface area contributed by atoms with Gasteiger partial charge in [0.2, 0.25) is 53.2 Å². The zero-order valence-corrected chi connectivity index (χ0v) is 45.9. The largest absolute Gasteiger partial charge is 0.508 e. The van der Waals surface area contributed by atoms with E-state index in [1.807, 2.05) is 0 Å². The van der Waals surface area contributed by atoms with Crippen LogP contribution in [0.15, 0.2) is 84.9 Å². The predicted molar refractivity (Wildman–Crippen MR) is 293 cm³/mol. The first-order chi connectivity index (χ1) is 37.8. The zero-order valence-electron chi connectivity index (χ0n) is 45.9. The molecule has 0 saturated carbocycles. The van der Waals surface area contributed by atoms with Crippen LogP contribution in [-0.4, -0.2) is 129 Å². The molecule has 1 radical (unpaired) electrons. The van der Waals surface area contributed by atoms with E-state index in [9.17, 15) is 68.1 Å². The smallest absolute Gasteiger partial charge is 0.326 e. The molecule has 0 fully saturated rings.